The third kappa shape index (κ3) is 2.59. The van der Waals surface area contributed by atoms with Gasteiger partial charge in [-0.15, -0.1) is 0 Å². The van der Waals surface area contributed by atoms with Crippen molar-refractivity contribution in [3.63, 3.8) is 0 Å². The van der Waals surface area contributed by atoms with Gasteiger partial charge >= 0.3 is 15.6 Å². The van der Waals surface area contributed by atoms with E-state index < -0.39 is 22.2 Å². The topological polar surface area (TPSA) is 52.6 Å². The Morgan fingerprint density at radius 1 is 1.33 bits per heavy atom. The molecular weight excluding hydrogens is 273 g/mol. The summed E-state index contributed by atoms with van der Waals surface area (Å²) in [7, 11) is -5.54. The summed E-state index contributed by atoms with van der Waals surface area (Å²) in [4.78, 5) is 0. The summed E-state index contributed by atoms with van der Waals surface area (Å²) in [6.07, 6.45) is 0.648. The molecule has 0 saturated carbocycles. The van der Waals surface area contributed by atoms with Gasteiger partial charge in [-0.3, -0.25) is 4.18 Å². The van der Waals surface area contributed by atoms with Gasteiger partial charge in [-0.1, -0.05) is 6.07 Å². The zero-order chi connectivity index (χ0) is 13.4. The lowest BCUT2D eigenvalue weighted by Gasteiger charge is -2.08. The Kier molecular flexibility index (Phi) is 3.24. The molecule has 1 heterocycles. The van der Waals surface area contributed by atoms with Crippen molar-refractivity contribution >= 4 is 10.1 Å². The number of alkyl halides is 3. The van der Waals surface area contributed by atoms with Gasteiger partial charge in [0.2, 0.25) is 0 Å². The molecule has 1 aromatic rings. The molecule has 0 bridgehead atoms. The first kappa shape index (κ1) is 13.2. The Labute approximate surface area is 101 Å². The van der Waals surface area contributed by atoms with Gasteiger partial charge in [-0.2, -0.15) is 21.6 Å². The summed E-state index contributed by atoms with van der Waals surface area (Å²) in [5.41, 5.74) is -4.21. The lowest BCUT2D eigenvalue weighted by atomic mass is 10.1. The molecule has 0 amide bonds. The van der Waals surface area contributed by atoms with Gasteiger partial charge in [0.05, 0.1) is 13.2 Å². The van der Waals surface area contributed by atoms with E-state index in [-0.39, 0.29) is 0 Å². The van der Waals surface area contributed by atoms with Crippen LogP contribution in [0.25, 0.3) is 0 Å². The van der Waals surface area contributed by atoms with Crippen LogP contribution in [-0.4, -0.2) is 20.5 Å². The maximum atomic E-state index is 12.0. The molecule has 8 heteroatoms. The SMILES string of the molecule is O=S(=O)(OCc1ccc2c(c1)CCO2)C(F)(F)F. The van der Waals surface area contributed by atoms with Gasteiger partial charge in [0.1, 0.15) is 5.75 Å². The van der Waals surface area contributed by atoms with Crippen LogP contribution in [0.5, 0.6) is 5.75 Å². The Balaban J connectivity index is 2.08. The highest BCUT2D eigenvalue weighted by atomic mass is 32.2. The minimum absolute atomic E-state index is 0.354. The number of hydrogen-bond donors (Lipinski definition) is 0. The monoisotopic (exact) mass is 282 g/mol. The molecule has 0 fully saturated rings. The van der Waals surface area contributed by atoms with Gasteiger partial charge in [0.15, 0.2) is 0 Å². The molecule has 0 radical (unpaired) electrons. The predicted octanol–water partition coefficient (Wildman–Crippen LogP) is 1.99. The molecule has 0 unspecified atom stereocenters. The van der Waals surface area contributed by atoms with Crippen LogP contribution in [0.15, 0.2) is 18.2 Å². The molecule has 1 aromatic carbocycles. The van der Waals surface area contributed by atoms with Crippen LogP contribution in [0.4, 0.5) is 13.2 Å². The van der Waals surface area contributed by atoms with E-state index in [2.05, 4.69) is 4.18 Å². The minimum atomic E-state index is -5.54. The largest absolute Gasteiger partial charge is 0.523 e. The Bertz CT molecular complexity index is 551. The van der Waals surface area contributed by atoms with Crippen LogP contribution in [0.2, 0.25) is 0 Å². The number of ether oxygens (including phenoxy) is 1. The molecular formula is C10H9F3O4S. The quantitative estimate of drug-likeness (QED) is 0.628. The normalized spacial score (nSPS) is 15.3. The summed E-state index contributed by atoms with van der Waals surface area (Å²) in [5, 5.41) is 0. The molecule has 0 saturated heterocycles. The lowest BCUT2D eigenvalue weighted by molar-refractivity contribution is -0.0547. The van der Waals surface area contributed by atoms with E-state index in [0.717, 1.165) is 5.56 Å². The molecule has 0 aromatic heterocycles. The van der Waals surface area contributed by atoms with Crippen molar-refractivity contribution in [3.8, 4) is 5.75 Å². The molecule has 1 aliphatic rings. The molecule has 2 rings (SSSR count). The molecule has 1 aliphatic heterocycles. The van der Waals surface area contributed by atoms with E-state index in [0.29, 0.717) is 24.3 Å². The fourth-order valence-electron chi connectivity index (χ4n) is 1.54. The van der Waals surface area contributed by atoms with Crippen LogP contribution in [0.3, 0.4) is 0 Å². The predicted molar refractivity (Wildman–Crippen MR) is 55.4 cm³/mol. The van der Waals surface area contributed by atoms with Crippen molar-refractivity contribution in [2.75, 3.05) is 6.61 Å². The second-order valence-corrected chi connectivity index (χ2v) is 5.31. The van der Waals surface area contributed by atoms with Crippen molar-refractivity contribution in [2.24, 2.45) is 0 Å². The van der Waals surface area contributed by atoms with Crippen LogP contribution < -0.4 is 4.74 Å². The average Bonchev–Trinajstić information content (AvgIpc) is 2.71. The molecule has 100 valence electrons. The third-order valence-corrected chi connectivity index (χ3v) is 3.41. The van der Waals surface area contributed by atoms with Crippen LogP contribution in [0, 0.1) is 0 Å². The summed E-state index contributed by atoms with van der Waals surface area (Å²) in [6.45, 7) is -0.129. The van der Waals surface area contributed by atoms with E-state index in [4.69, 9.17) is 4.74 Å². The van der Waals surface area contributed by atoms with Crippen molar-refractivity contribution in [3.05, 3.63) is 29.3 Å². The fourth-order valence-corrected chi connectivity index (χ4v) is 1.97. The van der Waals surface area contributed by atoms with E-state index in [9.17, 15) is 21.6 Å². The highest BCUT2D eigenvalue weighted by Crippen LogP contribution is 2.28. The van der Waals surface area contributed by atoms with E-state index in [1.807, 2.05) is 0 Å². The van der Waals surface area contributed by atoms with Crippen molar-refractivity contribution in [1.82, 2.24) is 0 Å². The zero-order valence-corrected chi connectivity index (χ0v) is 9.85. The molecule has 4 nitrogen and oxygen atoms in total. The van der Waals surface area contributed by atoms with Gasteiger partial charge in [-0.25, -0.2) is 0 Å². The summed E-state index contributed by atoms with van der Waals surface area (Å²) in [6, 6.07) is 4.63. The summed E-state index contributed by atoms with van der Waals surface area (Å²) >= 11 is 0. The maximum Gasteiger partial charge on any atom is 0.523 e. The van der Waals surface area contributed by atoms with Gasteiger partial charge in [-0.05, 0) is 23.3 Å². The Morgan fingerprint density at radius 3 is 2.72 bits per heavy atom. The van der Waals surface area contributed by atoms with E-state index >= 15 is 0 Å². The first-order valence-corrected chi connectivity index (χ1v) is 6.41. The summed E-state index contributed by atoms with van der Waals surface area (Å²) < 4.78 is 66.6. The second-order valence-electron chi connectivity index (χ2n) is 3.70. The van der Waals surface area contributed by atoms with Gasteiger partial charge < -0.3 is 4.74 Å². The first-order valence-electron chi connectivity index (χ1n) is 5.00. The van der Waals surface area contributed by atoms with Gasteiger partial charge in [0.25, 0.3) is 0 Å². The fraction of sp³-hybridized carbons (Fsp3) is 0.400. The minimum Gasteiger partial charge on any atom is -0.493 e. The van der Waals surface area contributed by atoms with Crippen molar-refractivity contribution in [1.29, 1.82) is 0 Å². The maximum absolute atomic E-state index is 12.0. The van der Waals surface area contributed by atoms with E-state index in [1.165, 1.54) is 6.07 Å². The number of rotatable bonds is 3. The number of fused-ring (bicyclic) bond motifs is 1. The molecule has 0 N–H and O–H groups in total. The summed E-state index contributed by atoms with van der Waals surface area (Å²) in [5.74, 6) is 0.664. The molecule has 0 atom stereocenters. The van der Waals surface area contributed by atoms with Crippen LogP contribution in [0.1, 0.15) is 11.1 Å². The first-order chi connectivity index (χ1) is 8.29. The Hall–Kier alpha value is -1.28. The number of halogens is 3. The molecule has 0 aliphatic carbocycles. The van der Waals surface area contributed by atoms with E-state index in [1.54, 1.807) is 12.1 Å². The van der Waals surface area contributed by atoms with Crippen molar-refractivity contribution in [2.45, 2.75) is 18.5 Å². The molecule has 18 heavy (non-hydrogen) atoms. The van der Waals surface area contributed by atoms with Crippen LogP contribution in [-0.2, 0) is 27.3 Å². The van der Waals surface area contributed by atoms with Crippen LogP contribution >= 0.6 is 0 Å². The molecule has 0 spiro atoms. The zero-order valence-electron chi connectivity index (χ0n) is 9.03. The highest BCUT2D eigenvalue weighted by molar-refractivity contribution is 7.87. The Morgan fingerprint density at radius 2 is 2.06 bits per heavy atom. The average molecular weight is 282 g/mol. The second kappa shape index (κ2) is 4.43. The number of hydrogen-bond acceptors (Lipinski definition) is 4. The lowest BCUT2D eigenvalue weighted by Crippen LogP contribution is -2.25. The standard InChI is InChI=1S/C10H9F3O4S/c11-10(12,13)18(14,15)17-6-7-1-2-9-8(5-7)3-4-16-9/h1-2,5H,3-4,6H2. The van der Waals surface area contributed by atoms with Gasteiger partial charge in [0, 0.05) is 6.42 Å². The van der Waals surface area contributed by atoms with Crippen molar-refractivity contribution < 1.29 is 30.5 Å². The highest BCUT2D eigenvalue weighted by Gasteiger charge is 2.47. The third-order valence-electron chi connectivity index (χ3n) is 2.42. The smallest absolute Gasteiger partial charge is 0.493 e. The number of benzene rings is 1.